The third-order valence-corrected chi connectivity index (χ3v) is 8.38. The molecule has 2 aliphatic heterocycles. The van der Waals surface area contributed by atoms with E-state index in [0.29, 0.717) is 31.1 Å². The maximum Gasteiger partial charge on any atom is 0.243 e. The first-order valence-electron chi connectivity index (χ1n) is 11.4. The van der Waals surface area contributed by atoms with E-state index in [1.54, 1.807) is 16.4 Å². The third kappa shape index (κ3) is 4.29. The minimum atomic E-state index is -3.52. The SMILES string of the molecule is O=S(=O)(c1ccc2ccccc2c1)N1CCN(c2ccc(N3CCCCCC3)nn2)CC1. The number of rotatable bonds is 4. The van der Waals surface area contributed by atoms with Crippen molar-refractivity contribution in [1.82, 2.24) is 14.5 Å². The van der Waals surface area contributed by atoms with Gasteiger partial charge in [0.1, 0.15) is 0 Å². The summed E-state index contributed by atoms with van der Waals surface area (Å²) in [6, 6.07) is 17.2. The van der Waals surface area contributed by atoms with E-state index in [1.165, 1.54) is 25.7 Å². The van der Waals surface area contributed by atoms with Gasteiger partial charge in [0.2, 0.25) is 10.0 Å². The number of aromatic nitrogens is 2. The molecule has 7 nitrogen and oxygen atoms in total. The molecule has 2 aliphatic rings. The maximum absolute atomic E-state index is 13.2. The fourth-order valence-electron chi connectivity index (χ4n) is 4.59. The molecule has 1 aromatic heterocycles. The van der Waals surface area contributed by atoms with Crippen molar-refractivity contribution in [1.29, 1.82) is 0 Å². The molecule has 5 rings (SSSR count). The zero-order valence-corrected chi connectivity index (χ0v) is 19.0. The van der Waals surface area contributed by atoms with E-state index in [4.69, 9.17) is 0 Å². The molecule has 32 heavy (non-hydrogen) atoms. The van der Waals surface area contributed by atoms with Crippen molar-refractivity contribution in [2.75, 3.05) is 49.1 Å². The van der Waals surface area contributed by atoms with Crippen molar-refractivity contribution in [2.45, 2.75) is 30.6 Å². The number of nitrogens with zero attached hydrogens (tertiary/aromatic N) is 5. The summed E-state index contributed by atoms with van der Waals surface area (Å²) < 4.78 is 28.0. The molecule has 0 bridgehead atoms. The summed E-state index contributed by atoms with van der Waals surface area (Å²) in [7, 11) is -3.52. The van der Waals surface area contributed by atoms with Gasteiger partial charge in [-0.1, -0.05) is 43.2 Å². The summed E-state index contributed by atoms with van der Waals surface area (Å²) in [6.45, 7) is 4.16. The molecular weight excluding hydrogens is 422 g/mol. The molecule has 3 aromatic rings. The number of piperazine rings is 1. The lowest BCUT2D eigenvalue weighted by atomic mass is 10.1. The summed E-state index contributed by atoms with van der Waals surface area (Å²) >= 11 is 0. The Labute approximate surface area is 189 Å². The molecule has 8 heteroatoms. The van der Waals surface area contributed by atoms with Gasteiger partial charge in [-0.2, -0.15) is 4.31 Å². The van der Waals surface area contributed by atoms with Gasteiger partial charge in [0, 0.05) is 39.3 Å². The Morgan fingerprint density at radius 2 is 1.22 bits per heavy atom. The average molecular weight is 452 g/mol. The molecule has 0 unspecified atom stereocenters. The number of anilines is 2. The van der Waals surface area contributed by atoms with E-state index in [0.717, 1.165) is 35.5 Å². The monoisotopic (exact) mass is 451 g/mol. The number of hydrogen-bond acceptors (Lipinski definition) is 6. The molecule has 0 aliphatic carbocycles. The van der Waals surface area contributed by atoms with Crippen molar-refractivity contribution < 1.29 is 8.42 Å². The second-order valence-corrected chi connectivity index (χ2v) is 10.5. The van der Waals surface area contributed by atoms with Crippen molar-refractivity contribution in [3.05, 3.63) is 54.6 Å². The van der Waals surface area contributed by atoms with Gasteiger partial charge in [-0.05, 0) is 47.9 Å². The van der Waals surface area contributed by atoms with Gasteiger partial charge in [0.15, 0.2) is 11.6 Å². The van der Waals surface area contributed by atoms with Crippen LogP contribution in [-0.2, 0) is 10.0 Å². The van der Waals surface area contributed by atoms with Gasteiger partial charge in [-0.25, -0.2) is 8.42 Å². The number of sulfonamides is 1. The van der Waals surface area contributed by atoms with Crippen LogP contribution < -0.4 is 9.80 Å². The van der Waals surface area contributed by atoms with Crippen LogP contribution in [0.3, 0.4) is 0 Å². The highest BCUT2D eigenvalue weighted by Gasteiger charge is 2.29. The van der Waals surface area contributed by atoms with Crippen LogP contribution in [0.15, 0.2) is 59.5 Å². The minimum Gasteiger partial charge on any atom is -0.355 e. The van der Waals surface area contributed by atoms with Crippen LogP contribution in [0.1, 0.15) is 25.7 Å². The summed E-state index contributed by atoms with van der Waals surface area (Å²) in [4.78, 5) is 4.79. The van der Waals surface area contributed by atoms with E-state index >= 15 is 0 Å². The van der Waals surface area contributed by atoms with Gasteiger partial charge in [0.25, 0.3) is 0 Å². The topological polar surface area (TPSA) is 69.6 Å². The van der Waals surface area contributed by atoms with Crippen LogP contribution in [0.4, 0.5) is 11.6 Å². The highest BCUT2D eigenvalue weighted by atomic mass is 32.2. The molecular formula is C24H29N5O2S. The van der Waals surface area contributed by atoms with Gasteiger partial charge in [-0.3, -0.25) is 0 Å². The zero-order valence-electron chi connectivity index (χ0n) is 18.2. The van der Waals surface area contributed by atoms with Crippen molar-refractivity contribution in [3.8, 4) is 0 Å². The van der Waals surface area contributed by atoms with E-state index in [-0.39, 0.29) is 0 Å². The Morgan fingerprint density at radius 3 is 1.84 bits per heavy atom. The Morgan fingerprint density at radius 1 is 0.625 bits per heavy atom. The van der Waals surface area contributed by atoms with E-state index in [2.05, 4.69) is 20.0 Å². The van der Waals surface area contributed by atoms with Crippen molar-refractivity contribution in [2.24, 2.45) is 0 Å². The quantitative estimate of drug-likeness (QED) is 0.605. The van der Waals surface area contributed by atoms with Gasteiger partial charge in [-0.15, -0.1) is 10.2 Å². The molecule has 0 atom stereocenters. The van der Waals surface area contributed by atoms with E-state index in [1.807, 2.05) is 42.5 Å². The normalized spacial score (nSPS) is 18.6. The van der Waals surface area contributed by atoms with Crippen molar-refractivity contribution >= 4 is 32.4 Å². The Kier molecular flexibility index (Phi) is 5.97. The van der Waals surface area contributed by atoms with Crippen LogP contribution in [0.5, 0.6) is 0 Å². The third-order valence-electron chi connectivity index (χ3n) is 6.49. The van der Waals surface area contributed by atoms with Gasteiger partial charge >= 0.3 is 0 Å². The first kappa shape index (κ1) is 21.2. The van der Waals surface area contributed by atoms with Crippen LogP contribution in [0.2, 0.25) is 0 Å². The standard InChI is InChI=1S/C24H29N5O2S/c30-32(31,22-10-9-20-7-3-4-8-21(20)19-22)29-17-15-28(16-18-29)24-12-11-23(25-26-24)27-13-5-1-2-6-14-27/h3-4,7-12,19H,1-2,5-6,13-18H2. The lowest BCUT2D eigenvalue weighted by Crippen LogP contribution is -2.49. The number of fused-ring (bicyclic) bond motifs is 1. The van der Waals surface area contributed by atoms with Crippen LogP contribution in [-0.4, -0.2) is 62.2 Å². The molecule has 0 radical (unpaired) electrons. The molecule has 3 heterocycles. The molecule has 2 saturated heterocycles. The summed E-state index contributed by atoms with van der Waals surface area (Å²) in [5, 5.41) is 10.9. The second kappa shape index (κ2) is 9.03. The van der Waals surface area contributed by atoms with Crippen molar-refractivity contribution in [3.63, 3.8) is 0 Å². The summed E-state index contributed by atoms with van der Waals surface area (Å²) in [5.74, 6) is 1.75. The fraction of sp³-hybridized carbons (Fsp3) is 0.417. The fourth-order valence-corrected chi connectivity index (χ4v) is 6.05. The molecule has 2 aromatic carbocycles. The van der Waals surface area contributed by atoms with Crippen LogP contribution in [0, 0.1) is 0 Å². The van der Waals surface area contributed by atoms with Gasteiger partial charge < -0.3 is 9.80 Å². The summed E-state index contributed by atoms with van der Waals surface area (Å²) in [5.41, 5.74) is 0. The molecule has 0 N–H and O–H groups in total. The molecule has 0 spiro atoms. The molecule has 0 saturated carbocycles. The average Bonchev–Trinajstić information content (AvgIpc) is 3.14. The maximum atomic E-state index is 13.2. The summed E-state index contributed by atoms with van der Waals surface area (Å²) in [6.07, 6.45) is 4.98. The Balaban J connectivity index is 1.25. The van der Waals surface area contributed by atoms with Crippen LogP contribution in [0.25, 0.3) is 10.8 Å². The Hall–Kier alpha value is -2.71. The minimum absolute atomic E-state index is 0.353. The van der Waals surface area contributed by atoms with Crippen LogP contribution >= 0.6 is 0 Å². The number of benzene rings is 2. The molecule has 2 fully saturated rings. The first-order valence-corrected chi connectivity index (χ1v) is 12.9. The second-order valence-electron chi connectivity index (χ2n) is 8.55. The molecule has 168 valence electrons. The highest BCUT2D eigenvalue weighted by molar-refractivity contribution is 7.89. The molecule has 0 amide bonds. The lowest BCUT2D eigenvalue weighted by molar-refractivity contribution is 0.383. The van der Waals surface area contributed by atoms with E-state index < -0.39 is 10.0 Å². The van der Waals surface area contributed by atoms with E-state index in [9.17, 15) is 8.42 Å². The zero-order chi connectivity index (χ0) is 22.0. The largest absolute Gasteiger partial charge is 0.355 e. The Bertz CT molecular complexity index is 1170. The smallest absolute Gasteiger partial charge is 0.243 e. The lowest BCUT2D eigenvalue weighted by Gasteiger charge is -2.34. The first-order chi connectivity index (χ1) is 15.6. The predicted octanol–water partition coefficient (Wildman–Crippen LogP) is 3.52. The number of hydrogen-bond donors (Lipinski definition) is 0. The van der Waals surface area contributed by atoms with Gasteiger partial charge in [0.05, 0.1) is 4.90 Å². The predicted molar refractivity (Wildman–Crippen MR) is 128 cm³/mol. The highest BCUT2D eigenvalue weighted by Crippen LogP contribution is 2.24.